The monoisotopic (exact) mass is 540 g/mol. The lowest BCUT2D eigenvalue weighted by molar-refractivity contribution is 0.194. The fourth-order valence-corrected chi connectivity index (χ4v) is 4.64. The first-order chi connectivity index (χ1) is 19.6. The Morgan fingerprint density at radius 2 is 1.77 bits per heavy atom. The van der Waals surface area contributed by atoms with E-state index in [4.69, 9.17) is 19.2 Å². The molecule has 1 amide bonds. The molecular weight excluding hydrogens is 508 g/mol. The maximum Gasteiger partial charge on any atom is 0.404 e. The van der Waals surface area contributed by atoms with Crippen LogP contribution in [0, 0.1) is 0 Å². The Bertz CT molecular complexity index is 1540. The average molecular weight is 541 g/mol. The Morgan fingerprint density at radius 1 is 0.975 bits per heavy atom. The highest BCUT2D eigenvalue weighted by molar-refractivity contribution is 5.64. The molecule has 3 aromatic rings. The number of benzene rings is 2. The minimum Gasteiger partial charge on any atom is -0.494 e. The van der Waals surface area contributed by atoms with Crippen molar-refractivity contribution in [2.45, 2.75) is 38.5 Å². The van der Waals surface area contributed by atoms with Crippen molar-refractivity contribution in [2.75, 3.05) is 13.2 Å². The number of fused-ring (bicyclic) bond motifs is 1. The first kappa shape index (κ1) is 26.8. The number of rotatable bonds is 13. The summed E-state index contributed by atoms with van der Waals surface area (Å²) in [5.41, 5.74) is 3.98. The van der Waals surface area contributed by atoms with E-state index in [1.807, 2.05) is 48.5 Å². The molecule has 3 heterocycles. The molecule has 40 heavy (non-hydrogen) atoms. The number of ether oxygens (including phenoxy) is 1. The number of nitrogens with zero attached hydrogens (tertiary/aromatic N) is 2. The number of amides is 1. The number of aromatic nitrogens is 3. The van der Waals surface area contributed by atoms with Crippen LogP contribution >= 0.6 is 0 Å². The van der Waals surface area contributed by atoms with Crippen molar-refractivity contribution in [3.05, 3.63) is 112 Å². The topological polar surface area (TPSA) is 122 Å². The lowest BCUT2D eigenvalue weighted by Crippen LogP contribution is -2.21. The summed E-state index contributed by atoms with van der Waals surface area (Å²) in [7, 11) is 0. The van der Waals surface area contributed by atoms with Gasteiger partial charge in [-0.15, -0.1) is 0 Å². The number of carboxylic acid groups (broad SMARTS) is 1. The summed E-state index contributed by atoms with van der Waals surface area (Å²) in [6.07, 6.45) is 6.99. The van der Waals surface area contributed by atoms with Crippen LogP contribution < -0.4 is 15.6 Å². The Kier molecular flexibility index (Phi) is 8.60. The number of imidazole rings is 1. The highest BCUT2D eigenvalue weighted by Crippen LogP contribution is 2.25. The van der Waals surface area contributed by atoms with Crippen LogP contribution in [0.5, 0.6) is 5.75 Å². The molecule has 9 heteroatoms. The molecule has 2 aromatic carbocycles. The smallest absolute Gasteiger partial charge is 0.404 e. The summed E-state index contributed by atoms with van der Waals surface area (Å²) in [4.78, 5) is 32.1. The Morgan fingerprint density at radius 3 is 2.52 bits per heavy atom. The normalized spacial score (nSPS) is 11.1. The summed E-state index contributed by atoms with van der Waals surface area (Å²) in [5, 5.41) is 11.0. The van der Waals surface area contributed by atoms with Crippen molar-refractivity contribution in [3.8, 4) is 22.8 Å². The van der Waals surface area contributed by atoms with Gasteiger partial charge in [0.25, 0.3) is 5.56 Å². The summed E-state index contributed by atoms with van der Waals surface area (Å²) >= 11 is 0. The number of unbranched alkanes of at least 4 members (excludes halogenated alkanes) is 3. The number of hydrogen-bond acceptors (Lipinski definition) is 5. The molecule has 1 aromatic heterocycles. The predicted octanol–water partition coefficient (Wildman–Crippen LogP) is 5.65. The Balaban J connectivity index is 1.31. The van der Waals surface area contributed by atoms with Gasteiger partial charge in [0.2, 0.25) is 0 Å². The average Bonchev–Trinajstić information content (AvgIpc) is 3.59. The van der Waals surface area contributed by atoms with E-state index in [0.29, 0.717) is 43.3 Å². The summed E-state index contributed by atoms with van der Waals surface area (Å²) < 4.78 is 13.0. The van der Waals surface area contributed by atoms with E-state index < -0.39 is 6.09 Å². The fraction of sp³-hybridized carbons (Fsp3) is 0.258. The third kappa shape index (κ3) is 6.79. The van der Waals surface area contributed by atoms with Crippen LogP contribution in [0.15, 0.2) is 88.4 Å². The molecule has 5 rings (SSSR count). The highest BCUT2D eigenvalue weighted by atomic mass is 16.5. The number of aromatic amines is 1. The lowest BCUT2D eigenvalue weighted by atomic mass is 10.1. The van der Waals surface area contributed by atoms with Crippen LogP contribution in [0.3, 0.4) is 0 Å². The maximum absolute atomic E-state index is 13.4. The largest absolute Gasteiger partial charge is 0.494 e. The quantitative estimate of drug-likeness (QED) is 0.166. The molecule has 206 valence electrons. The first-order valence-electron chi connectivity index (χ1n) is 13.5. The molecule has 0 unspecified atom stereocenters. The fourth-order valence-electron chi connectivity index (χ4n) is 4.64. The second-order valence-corrected chi connectivity index (χ2v) is 9.64. The second kappa shape index (κ2) is 12.8. The van der Waals surface area contributed by atoms with E-state index in [0.717, 1.165) is 53.9 Å². The van der Waals surface area contributed by atoms with Crippen LogP contribution in [-0.2, 0) is 12.8 Å². The zero-order chi connectivity index (χ0) is 27.7. The molecule has 0 aliphatic carbocycles. The number of carbonyl (C=O) groups is 1. The zero-order valence-electron chi connectivity index (χ0n) is 22.1. The predicted molar refractivity (Wildman–Crippen MR) is 152 cm³/mol. The van der Waals surface area contributed by atoms with Gasteiger partial charge in [-0.2, -0.15) is 0 Å². The van der Waals surface area contributed by atoms with E-state index >= 15 is 0 Å². The van der Waals surface area contributed by atoms with Gasteiger partial charge in [-0.1, -0.05) is 43.2 Å². The van der Waals surface area contributed by atoms with Gasteiger partial charge in [-0.25, -0.2) is 9.78 Å². The standard InChI is InChI=1S/C31H32N4O5/c36-30-27(20-25-11-8-18-40-25)34-29-26(19-22-9-4-3-5-10-22)33-28(21-35(29)30)23-12-14-24(15-13-23)39-17-7-2-1-6-16-32-31(37)38/h3-5,8-15,18,21,32-33H,1-2,6-7,16-17,19-20H2,(H,37,38). The lowest BCUT2D eigenvalue weighted by Gasteiger charge is -2.14. The summed E-state index contributed by atoms with van der Waals surface area (Å²) in [6, 6.07) is 21.5. The minimum atomic E-state index is -0.981. The van der Waals surface area contributed by atoms with E-state index in [2.05, 4.69) is 22.4 Å². The van der Waals surface area contributed by atoms with Crippen molar-refractivity contribution in [1.82, 2.24) is 19.9 Å². The van der Waals surface area contributed by atoms with Gasteiger partial charge in [-0.05, 0) is 60.4 Å². The SMILES string of the molecule is O=C(O)NCCCCCCOc1ccc(-c2cn3c(=O)c(Cc4ccco4)nc-3c(Cc3ccccc3)[nH]2)cc1. The molecule has 0 atom stereocenters. The van der Waals surface area contributed by atoms with E-state index in [1.54, 1.807) is 23.1 Å². The van der Waals surface area contributed by atoms with E-state index in [9.17, 15) is 9.59 Å². The molecule has 0 radical (unpaired) electrons. The van der Waals surface area contributed by atoms with Crippen LogP contribution in [0.25, 0.3) is 17.1 Å². The van der Waals surface area contributed by atoms with E-state index in [1.165, 1.54) is 0 Å². The van der Waals surface area contributed by atoms with Gasteiger partial charge in [-0.3, -0.25) is 9.36 Å². The van der Waals surface area contributed by atoms with Gasteiger partial charge >= 0.3 is 6.09 Å². The van der Waals surface area contributed by atoms with Gasteiger partial charge in [0.15, 0.2) is 5.82 Å². The molecule has 0 fully saturated rings. The number of furan rings is 1. The molecule has 0 bridgehead atoms. The van der Waals surface area contributed by atoms with Gasteiger partial charge in [0.1, 0.15) is 17.2 Å². The van der Waals surface area contributed by atoms with Crippen molar-refractivity contribution < 1.29 is 19.1 Å². The van der Waals surface area contributed by atoms with Gasteiger partial charge in [0, 0.05) is 19.2 Å². The molecule has 9 nitrogen and oxygen atoms in total. The zero-order valence-corrected chi connectivity index (χ0v) is 22.1. The number of hydrogen-bond donors (Lipinski definition) is 3. The van der Waals surface area contributed by atoms with Crippen molar-refractivity contribution >= 4 is 6.09 Å². The van der Waals surface area contributed by atoms with Crippen LogP contribution in [0.1, 0.15) is 48.4 Å². The molecule has 3 N–H and O–H groups in total. The first-order valence-corrected chi connectivity index (χ1v) is 13.5. The third-order valence-corrected chi connectivity index (χ3v) is 6.68. The summed E-state index contributed by atoms with van der Waals surface area (Å²) in [5.74, 6) is 2.08. The second-order valence-electron chi connectivity index (χ2n) is 9.64. The number of nitrogens with one attached hydrogen (secondary N) is 2. The summed E-state index contributed by atoms with van der Waals surface area (Å²) in [6.45, 7) is 1.07. The molecule has 0 saturated heterocycles. The molecule has 0 spiro atoms. The van der Waals surface area contributed by atoms with Crippen molar-refractivity contribution in [2.24, 2.45) is 0 Å². The van der Waals surface area contributed by atoms with Crippen molar-refractivity contribution in [3.63, 3.8) is 0 Å². The van der Waals surface area contributed by atoms with Gasteiger partial charge in [0.05, 0.1) is 30.7 Å². The van der Waals surface area contributed by atoms with E-state index in [-0.39, 0.29) is 5.56 Å². The van der Waals surface area contributed by atoms with Crippen molar-refractivity contribution in [1.29, 1.82) is 0 Å². The molecular formula is C31H32N4O5. The van der Waals surface area contributed by atoms with Crippen LogP contribution in [-0.4, -0.2) is 38.9 Å². The Hall–Kier alpha value is -4.79. The molecule has 2 aliphatic rings. The maximum atomic E-state index is 13.4. The highest BCUT2D eigenvalue weighted by Gasteiger charge is 2.21. The molecule has 2 aliphatic heterocycles. The minimum absolute atomic E-state index is 0.158. The Labute approximate surface area is 231 Å². The third-order valence-electron chi connectivity index (χ3n) is 6.68. The van der Waals surface area contributed by atoms with Crippen LogP contribution in [0.4, 0.5) is 4.79 Å². The van der Waals surface area contributed by atoms with Crippen LogP contribution in [0.2, 0.25) is 0 Å². The van der Waals surface area contributed by atoms with Gasteiger partial charge < -0.3 is 24.6 Å². The molecule has 0 saturated carbocycles. The number of H-pyrrole nitrogens is 1.